The van der Waals surface area contributed by atoms with Crippen molar-refractivity contribution in [2.75, 3.05) is 19.0 Å². The van der Waals surface area contributed by atoms with E-state index in [2.05, 4.69) is 34.0 Å². The van der Waals surface area contributed by atoms with Gasteiger partial charge in [0.1, 0.15) is 23.3 Å². The Morgan fingerprint density at radius 3 is 2.67 bits per heavy atom. The molecule has 3 aromatic rings. The number of carbonyl (C=O) groups is 2. The van der Waals surface area contributed by atoms with Gasteiger partial charge < -0.3 is 19.5 Å². The van der Waals surface area contributed by atoms with Crippen LogP contribution in [0.4, 0.5) is 5.00 Å². The number of hydrogen-bond donors (Lipinski definition) is 1. The van der Waals surface area contributed by atoms with Gasteiger partial charge in [0.05, 0.1) is 34.5 Å². The second kappa shape index (κ2) is 13.5. The van der Waals surface area contributed by atoms with Gasteiger partial charge >= 0.3 is 5.97 Å². The third kappa shape index (κ3) is 6.46. The molecule has 0 unspecified atom stereocenters. The van der Waals surface area contributed by atoms with Crippen LogP contribution < -0.4 is 14.8 Å². The molecule has 0 bridgehead atoms. The molecule has 1 aliphatic rings. The molecule has 1 aliphatic carbocycles. The summed E-state index contributed by atoms with van der Waals surface area (Å²) in [6, 6.07) is 14.7. The van der Waals surface area contributed by atoms with Gasteiger partial charge in [0.2, 0.25) is 0 Å². The highest BCUT2D eigenvalue weighted by atomic mass is 127. The van der Waals surface area contributed by atoms with Crippen molar-refractivity contribution in [2.24, 2.45) is 0 Å². The van der Waals surface area contributed by atoms with Crippen LogP contribution in [0.3, 0.4) is 0 Å². The van der Waals surface area contributed by atoms with Crippen molar-refractivity contribution in [3.8, 4) is 23.6 Å². The molecule has 0 aliphatic heterocycles. The summed E-state index contributed by atoms with van der Waals surface area (Å²) in [5.41, 5.74) is 3.03. The average Bonchev–Trinajstić information content (AvgIpc) is 3.33. The van der Waals surface area contributed by atoms with Crippen molar-refractivity contribution in [3.05, 3.63) is 78.2 Å². The lowest BCUT2D eigenvalue weighted by molar-refractivity contribution is -0.112. The van der Waals surface area contributed by atoms with Crippen LogP contribution in [0, 0.1) is 26.2 Å². The standard InChI is InChI=1S/C30H26IN3O5S/c1-3-38-30(36)26-22-10-6-7-11-25(22)40-29(26)34-28(35)21(16-33)12-18-13-23(31)27(24(14-18)37-2)39-17-20-9-5-4-8-19(20)15-32/h4-5,8-9,12-14H,3,6-7,10-11,17H2,1-2H3,(H,34,35)/b21-12+. The number of anilines is 1. The highest BCUT2D eigenvalue weighted by Crippen LogP contribution is 2.39. The number of nitriles is 2. The average molecular weight is 668 g/mol. The van der Waals surface area contributed by atoms with Crippen LogP contribution in [-0.2, 0) is 29.0 Å². The van der Waals surface area contributed by atoms with Gasteiger partial charge in [0.15, 0.2) is 11.5 Å². The van der Waals surface area contributed by atoms with Crippen LogP contribution in [0.25, 0.3) is 6.08 Å². The Bertz CT molecular complexity index is 1560. The molecular formula is C30H26IN3O5S. The number of thiophene rings is 1. The zero-order valence-electron chi connectivity index (χ0n) is 22.0. The van der Waals surface area contributed by atoms with Crippen LogP contribution in [0.1, 0.15) is 57.3 Å². The smallest absolute Gasteiger partial charge is 0.341 e. The Hall–Kier alpha value is -3.87. The van der Waals surface area contributed by atoms with Gasteiger partial charge in [-0.05, 0) is 90.6 Å². The molecule has 8 nitrogen and oxygen atoms in total. The Kier molecular flexibility index (Phi) is 9.80. The molecule has 0 spiro atoms. The van der Waals surface area contributed by atoms with E-state index >= 15 is 0 Å². The van der Waals surface area contributed by atoms with Crippen molar-refractivity contribution < 1.29 is 23.8 Å². The highest BCUT2D eigenvalue weighted by Gasteiger charge is 2.28. The number of halogens is 1. The van der Waals surface area contributed by atoms with Crippen molar-refractivity contribution in [1.29, 1.82) is 10.5 Å². The number of carbonyl (C=O) groups excluding carboxylic acids is 2. The quantitative estimate of drug-likeness (QED) is 0.121. The molecule has 4 rings (SSSR count). The second-order valence-electron chi connectivity index (χ2n) is 8.85. The number of aryl methyl sites for hydroxylation is 1. The largest absolute Gasteiger partial charge is 0.493 e. The molecule has 1 aromatic heterocycles. The lowest BCUT2D eigenvalue weighted by Crippen LogP contribution is -2.16. The van der Waals surface area contributed by atoms with Crippen molar-refractivity contribution in [3.63, 3.8) is 0 Å². The van der Waals surface area contributed by atoms with E-state index in [9.17, 15) is 20.1 Å². The topological polar surface area (TPSA) is 121 Å². The maximum Gasteiger partial charge on any atom is 0.341 e. The van der Waals surface area contributed by atoms with Crippen LogP contribution in [-0.4, -0.2) is 25.6 Å². The van der Waals surface area contributed by atoms with E-state index in [0.717, 1.165) is 41.7 Å². The van der Waals surface area contributed by atoms with E-state index in [-0.39, 0.29) is 18.8 Å². The fraction of sp³-hybridized carbons (Fsp3) is 0.267. The first-order chi connectivity index (χ1) is 19.4. The first kappa shape index (κ1) is 29.1. The minimum Gasteiger partial charge on any atom is -0.493 e. The number of hydrogen-bond acceptors (Lipinski definition) is 8. The van der Waals surface area contributed by atoms with E-state index in [4.69, 9.17) is 14.2 Å². The molecule has 0 radical (unpaired) electrons. The van der Waals surface area contributed by atoms with Gasteiger partial charge in [0, 0.05) is 10.4 Å². The molecule has 10 heteroatoms. The molecule has 2 aromatic carbocycles. The van der Waals surface area contributed by atoms with Crippen LogP contribution in [0.2, 0.25) is 0 Å². The first-order valence-electron chi connectivity index (χ1n) is 12.6. The van der Waals surface area contributed by atoms with Gasteiger partial charge in [-0.2, -0.15) is 10.5 Å². The third-order valence-electron chi connectivity index (χ3n) is 6.32. The van der Waals surface area contributed by atoms with E-state index in [0.29, 0.717) is 36.8 Å². The van der Waals surface area contributed by atoms with Gasteiger partial charge in [-0.25, -0.2) is 4.79 Å². The monoisotopic (exact) mass is 667 g/mol. The number of rotatable bonds is 9. The van der Waals surface area contributed by atoms with Gasteiger partial charge in [-0.3, -0.25) is 4.79 Å². The van der Waals surface area contributed by atoms with Crippen LogP contribution in [0.15, 0.2) is 42.0 Å². The van der Waals surface area contributed by atoms with Crippen molar-refractivity contribution in [2.45, 2.75) is 39.2 Å². The number of methoxy groups -OCH3 is 1. The van der Waals surface area contributed by atoms with Gasteiger partial charge in [0.25, 0.3) is 5.91 Å². The fourth-order valence-electron chi connectivity index (χ4n) is 4.43. The number of nitrogens with one attached hydrogen (secondary N) is 1. The summed E-state index contributed by atoms with van der Waals surface area (Å²) in [5, 5.41) is 22.4. The fourth-order valence-corrected chi connectivity index (χ4v) is 6.48. The molecule has 0 fully saturated rings. The number of amides is 1. The summed E-state index contributed by atoms with van der Waals surface area (Å²) in [6.45, 7) is 2.14. The molecule has 0 saturated carbocycles. The van der Waals surface area contributed by atoms with E-state index in [1.807, 2.05) is 18.2 Å². The number of ether oxygens (including phenoxy) is 3. The third-order valence-corrected chi connectivity index (χ3v) is 8.32. The minimum absolute atomic E-state index is 0.129. The SMILES string of the molecule is CCOC(=O)c1c(NC(=O)/C(C#N)=C/c2cc(I)c(OCc3ccccc3C#N)c(OC)c2)sc2c1CCCC2. The molecule has 0 atom stereocenters. The summed E-state index contributed by atoms with van der Waals surface area (Å²) in [6.07, 6.45) is 5.06. The molecular weight excluding hydrogens is 641 g/mol. The predicted octanol–water partition coefficient (Wildman–Crippen LogP) is 6.41. The summed E-state index contributed by atoms with van der Waals surface area (Å²) in [5.74, 6) is -0.180. The van der Waals surface area contributed by atoms with Gasteiger partial charge in [-0.15, -0.1) is 11.3 Å². The van der Waals surface area contributed by atoms with Crippen LogP contribution in [0.5, 0.6) is 11.5 Å². The Morgan fingerprint density at radius 1 is 1.18 bits per heavy atom. The second-order valence-corrected chi connectivity index (χ2v) is 11.1. The molecule has 204 valence electrons. The first-order valence-corrected chi connectivity index (χ1v) is 14.5. The predicted molar refractivity (Wildman–Crippen MR) is 160 cm³/mol. The number of fused-ring (bicyclic) bond motifs is 1. The Balaban J connectivity index is 1.59. The Morgan fingerprint density at radius 2 is 1.95 bits per heavy atom. The van der Waals surface area contributed by atoms with Crippen molar-refractivity contribution in [1.82, 2.24) is 0 Å². The normalized spacial score (nSPS) is 12.5. The number of nitrogens with zero attached hydrogens (tertiary/aromatic N) is 2. The maximum absolute atomic E-state index is 13.2. The summed E-state index contributed by atoms with van der Waals surface area (Å²) >= 11 is 3.47. The zero-order chi connectivity index (χ0) is 28.6. The van der Waals surface area contributed by atoms with E-state index < -0.39 is 11.9 Å². The minimum atomic E-state index is -0.617. The van der Waals surface area contributed by atoms with Crippen molar-refractivity contribution >= 4 is 56.9 Å². The summed E-state index contributed by atoms with van der Waals surface area (Å²) in [4.78, 5) is 27.0. The highest BCUT2D eigenvalue weighted by molar-refractivity contribution is 14.1. The lowest BCUT2D eigenvalue weighted by atomic mass is 9.95. The van der Waals surface area contributed by atoms with Gasteiger partial charge in [-0.1, -0.05) is 18.2 Å². The molecule has 1 N–H and O–H groups in total. The number of esters is 1. The summed E-state index contributed by atoms with van der Waals surface area (Å²) < 4.78 is 17.5. The zero-order valence-corrected chi connectivity index (χ0v) is 25.0. The Labute approximate surface area is 250 Å². The maximum atomic E-state index is 13.2. The lowest BCUT2D eigenvalue weighted by Gasteiger charge is -2.14. The molecule has 1 amide bonds. The number of benzene rings is 2. The molecule has 40 heavy (non-hydrogen) atoms. The summed E-state index contributed by atoms with van der Waals surface area (Å²) in [7, 11) is 1.50. The molecule has 1 heterocycles. The van der Waals surface area contributed by atoms with E-state index in [1.165, 1.54) is 24.5 Å². The molecule has 0 saturated heterocycles. The van der Waals surface area contributed by atoms with E-state index in [1.54, 1.807) is 31.2 Å². The van der Waals surface area contributed by atoms with Crippen LogP contribution >= 0.6 is 33.9 Å².